The van der Waals surface area contributed by atoms with Crippen molar-refractivity contribution in [3.05, 3.63) is 85.1 Å². The molecule has 0 aromatic heterocycles. The highest BCUT2D eigenvalue weighted by molar-refractivity contribution is 5.74. The number of rotatable bonds is 53. The van der Waals surface area contributed by atoms with Crippen LogP contribution in [0.3, 0.4) is 0 Å². The molecule has 12 nitrogen and oxygen atoms in total. The van der Waals surface area contributed by atoms with E-state index < -0.39 is 67.3 Å². The van der Waals surface area contributed by atoms with E-state index in [1.54, 1.807) is 0 Å². The average molecular weight is 1110 g/mol. The predicted molar refractivity (Wildman–Crippen MR) is 321 cm³/mol. The average Bonchev–Trinajstić information content (AvgIpc) is 3.46. The number of allylic oxidation sites excluding steroid dienone is 14. The first-order valence-electron chi connectivity index (χ1n) is 31.6. The van der Waals surface area contributed by atoms with Crippen molar-refractivity contribution in [1.82, 2.24) is 0 Å². The number of carbonyl (C=O) groups excluding carboxylic acids is 3. The van der Waals surface area contributed by atoms with Gasteiger partial charge in [0.1, 0.15) is 18.8 Å². The lowest BCUT2D eigenvalue weighted by atomic mass is 9.98. The van der Waals surface area contributed by atoms with E-state index >= 15 is 0 Å². The van der Waals surface area contributed by atoms with Crippen molar-refractivity contribution in [2.75, 3.05) is 13.2 Å². The van der Waals surface area contributed by atoms with Crippen molar-refractivity contribution in [3.63, 3.8) is 0 Å². The van der Waals surface area contributed by atoms with Gasteiger partial charge >= 0.3 is 23.9 Å². The van der Waals surface area contributed by atoms with Crippen LogP contribution in [0.5, 0.6) is 0 Å². The van der Waals surface area contributed by atoms with E-state index in [0.29, 0.717) is 19.3 Å². The first kappa shape index (κ1) is 72.9. The van der Waals surface area contributed by atoms with E-state index in [-0.39, 0.29) is 25.9 Å². The van der Waals surface area contributed by atoms with Gasteiger partial charge in [-0.25, -0.2) is 4.79 Å². The molecule has 1 heterocycles. The minimum absolute atomic E-state index is 0.0423. The standard InChI is InChI=1S/C67H112O12/c1-4-7-10-13-16-19-22-25-28-29-30-31-34-35-38-41-44-47-50-53-59(68)75-56-58(77-60(69)54-51-48-45-42-39-36-32-26-23-20-17-14-11-8-5-2)57-76-67-65(63(72)62(71)64(79-67)66(73)74)78-61(70)55-52-49-46-43-40-37-33-27-24-21-18-15-12-9-6-3/h7,10,16,19,25,27-28,30-31,33,35,38,44,47,58,62-65,67,71-72H,4-6,8-9,11-15,17-18,20-24,26,29,32,34,36-37,39-43,45-46,48-57H2,1-3H3,(H,73,74)/b10-7-,19-16-,28-25-,31-30-,33-27-,38-35-,47-44-. The minimum atomic E-state index is -1.92. The second kappa shape index (κ2) is 54.5. The smallest absolute Gasteiger partial charge is 0.335 e. The maximum atomic E-state index is 13.2. The van der Waals surface area contributed by atoms with Crippen molar-refractivity contribution < 1.29 is 58.2 Å². The molecule has 0 aliphatic carbocycles. The fourth-order valence-electron chi connectivity index (χ4n) is 9.15. The number of aliphatic hydroxyl groups is 2. The lowest BCUT2D eigenvalue weighted by Crippen LogP contribution is -2.61. The van der Waals surface area contributed by atoms with Crippen molar-refractivity contribution in [3.8, 4) is 0 Å². The molecule has 12 heteroatoms. The largest absolute Gasteiger partial charge is 0.479 e. The molecular weight excluding hydrogens is 997 g/mol. The topological polar surface area (TPSA) is 175 Å². The second-order valence-corrected chi connectivity index (χ2v) is 21.3. The highest BCUT2D eigenvalue weighted by atomic mass is 16.7. The van der Waals surface area contributed by atoms with E-state index in [9.17, 15) is 34.5 Å². The third kappa shape index (κ3) is 44.3. The summed E-state index contributed by atoms with van der Waals surface area (Å²) in [5.41, 5.74) is 0. The lowest BCUT2D eigenvalue weighted by Gasteiger charge is -2.40. The fourth-order valence-corrected chi connectivity index (χ4v) is 9.15. The molecule has 0 radical (unpaired) electrons. The zero-order valence-corrected chi connectivity index (χ0v) is 49.8. The summed E-state index contributed by atoms with van der Waals surface area (Å²) < 4.78 is 28.4. The zero-order valence-electron chi connectivity index (χ0n) is 49.8. The summed E-state index contributed by atoms with van der Waals surface area (Å²) in [4.78, 5) is 51.2. The normalized spacial score (nSPS) is 18.4. The van der Waals surface area contributed by atoms with Gasteiger partial charge in [-0.15, -0.1) is 0 Å². The first-order chi connectivity index (χ1) is 38.6. The van der Waals surface area contributed by atoms with Crippen LogP contribution in [0, 0.1) is 0 Å². The number of hydrogen-bond donors (Lipinski definition) is 3. The molecule has 0 aromatic carbocycles. The molecule has 3 N–H and O–H groups in total. The van der Waals surface area contributed by atoms with Gasteiger partial charge in [0.15, 0.2) is 24.6 Å². The van der Waals surface area contributed by atoms with Crippen LogP contribution in [0.2, 0.25) is 0 Å². The highest BCUT2D eigenvalue weighted by Crippen LogP contribution is 2.26. The number of carboxylic acid groups (broad SMARTS) is 1. The maximum Gasteiger partial charge on any atom is 0.335 e. The summed E-state index contributed by atoms with van der Waals surface area (Å²) in [6, 6.07) is 0. The molecule has 1 aliphatic heterocycles. The van der Waals surface area contributed by atoms with E-state index in [1.807, 2.05) is 12.2 Å². The number of aliphatic hydroxyl groups excluding tert-OH is 2. The Morgan fingerprint density at radius 2 is 0.823 bits per heavy atom. The molecule has 79 heavy (non-hydrogen) atoms. The van der Waals surface area contributed by atoms with Crippen LogP contribution in [0.4, 0.5) is 0 Å². The molecule has 1 aliphatic rings. The Morgan fingerprint density at radius 3 is 1.27 bits per heavy atom. The Balaban J connectivity index is 2.72. The molecule has 6 unspecified atom stereocenters. The number of unbranched alkanes of at least 4 members (excludes halogenated alkanes) is 25. The van der Waals surface area contributed by atoms with Gasteiger partial charge in [-0.05, 0) is 83.5 Å². The quantitative estimate of drug-likeness (QED) is 0.0228. The molecule has 0 aromatic rings. The molecule has 452 valence electrons. The van der Waals surface area contributed by atoms with Crippen LogP contribution in [0.25, 0.3) is 0 Å². The summed E-state index contributed by atoms with van der Waals surface area (Å²) in [6.45, 7) is 5.83. The van der Waals surface area contributed by atoms with Crippen molar-refractivity contribution in [2.45, 2.75) is 302 Å². The molecule has 6 atom stereocenters. The predicted octanol–water partition coefficient (Wildman–Crippen LogP) is 16.7. The van der Waals surface area contributed by atoms with Crippen molar-refractivity contribution in [2.24, 2.45) is 0 Å². The second-order valence-electron chi connectivity index (χ2n) is 21.3. The summed E-state index contributed by atoms with van der Waals surface area (Å²) in [6.07, 6.45) is 58.4. The molecular formula is C67H112O12. The number of carbonyl (C=O) groups is 4. The lowest BCUT2D eigenvalue weighted by molar-refractivity contribution is -0.301. The van der Waals surface area contributed by atoms with Crippen LogP contribution in [0.1, 0.15) is 265 Å². The van der Waals surface area contributed by atoms with Crippen LogP contribution >= 0.6 is 0 Å². The van der Waals surface area contributed by atoms with E-state index in [0.717, 1.165) is 96.3 Å². The molecule has 0 bridgehead atoms. The Hall–Kier alpha value is -4.10. The molecule has 1 fully saturated rings. The summed E-state index contributed by atoms with van der Waals surface area (Å²) in [5.74, 6) is -3.23. The van der Waals surface area contributed by atoms with Gasteiger partial charge < -0.3 is 39.0 Å². The molecule has 1 rings (SSSR count). The van der Waals surface area contributed by atoms with Crippen LogP contribution in [-0.2, 0) is 42.9 Å². The third-order valence-electron chi connectivity index (χ3n) is 14.0. The van der Waals surface area contributed by atoms with Crippen LogP contribution in [0.15, 0.2) is 85.1 Å². The minimum Gasteiger partial charge on any atom is -0.479 e. The number of carboxylic acids is 1. The van der Waals surface area contributed by atoms with Gasteiger partial charge in [0.2, 0.25) is 0 Å². The first-order valence-corrected chi connectivity index (χ1v) is 31.6. The fraction of sp³-hybridized carbons (Fsp3) is 0.731. The maximum absolute atomic E-state index is 13.2. The molecule has 0 spiro atoms. The van der Waals surface area contributed by atoms with Gasteiger partial charge in [0.25, 0.3) is 0 Å². The van der Waals surface area contributed by atoms with E-state index in [4.69, 9.17) is 23.7 Å². The molecule has 0 saturated carbocycles. The molecule has 0 amide bonds. The van der Waals surface area contributed by atoms with Gasteiger partial charge in [0.05, 0.1) is 6.61 Å². The summed E-state index contributed by atoms with van der Waals surface area (Å²) in [7, 11) is 0. The Bertz CT molecular complexity index is 1700. The Morgan fingerprint density at radius 1 is 0.430 bits per heavy atom. The van der Waals surface area contributed by atoms with Crippen molar-refractivity contribution in [1.29, 1.82) is 0 Å². The number of esters is 3. The number of hydrogen-bond acceptors (Lipinski definition) is 11. The monoisotopic (exact) mass is 1110 g/mol. The summed E-state index contributed by atoms with van der Waals surface area (Å²) in [5, 5.41) is 31.5. The van der Waals surface area contributed by atoms with E-state index in [1.165, 1.54) is 109 Å². The summed E-state index contributed by atoms with van der Waals surface area (Å²) >= 11 is 0. The van der Waals surface area contributed by atoms with Gasteiger partial charge in [-0.3, -0.25) is 14.4 Å². The van der Waals surface area contributed by atoms with Gasteiger partial charge in [-0.2, -0.15) is 0 Å². The van der Waals surface area contributed by atoms with E-state index in [2.05, 4.69) is 93.7 Å². The van der Waals surface area contributed by atoms with Gasteiger partial charge in [-0.1, -0.05) is 247 Å². The van der Waals surface area contributed by atoms with Crippen molar-refractivity contribution >= 4 is 23.9 Å². The highest BCUT2D eigenvalue weighted by Gasteiger charge is 2.50. The Kier molecular flexibility index (Phi) is 50.3. The molecule has 1 saturated heterocycles. The zero-order chi connectivity index (χ0) is 57.5. The Labute approximate surface area is 480 Å². The SMILES string of the molecule is CC/C=C\C/C=C\C/C=C\C/C=C\C/C=C\C/C=C\CCC(=O)OCC(COC1OC(C(=O)O)C(O)C(O)C1OC(=O)CCCCCCC/C=C\CCCCCCCC)OC(=O)CCCCCCCCCCCCCCCCC. The third-order valence-corrected chi connectivity index (χ3v) is 14.0. The van der Waals surface area contributed by atoms with Crippen LogP contribution < -0.4 is 0 Å². The van der Waals surface area contributed by atoms with Crippen LogP contribution in [-0.4, -0.2) is 89.2 Å². The number of aliphatic carboxylic acids is 1. The number of ether oxygens (including phenoxy) is 5. The van der Waals surface area contributed by atoms with Gasteiger partial charge in [0, 0.05) is 19.3 Å².